The third-order valence-corrected chi connectivity index (χ3v) is 5.40. The zero-order chi connectivity index (χ0) is 18.3. The number of rotatable bonds is 4. The van der Waals surface area contributed by atoms with Crippen molar-refractivity contribution in [2.75, 3.05) is 17.7 Å². The number of β-lactam (4-membered cyclic amide) rings is 1. The Morgan fingerprint density at radius 1 is 1.12 bits per heavy atom. The van der Waals surface area contributed by atoms with Crippen molar-refractivity contribution in [3.05, 3.63) is 52.6 Å². The topological polar surface area (TPSA) is 55.6 Å². The van der Waals surface area contributed by atoms with Gasteiger partial charge in [-0.2, -0.15) is 0 Å². The van der Waals surface area contributed by atoms with Crippen LogP contribution in [0.5, 0.6) is 5.75 Å². The summed E-state index contributed by atoms with van der Waals surface area (Å²) in [6.45, 7) is 8.13. The van der Waals surface area contributed by atoms with Crippen molar-refractivity contribution in [2.45, 2.75) is 40.2 Å². The first kappa shape index (κ1) is 17.3. The van der Waals surface area contributed by atoms with Crippen LogP contribution in [-0.4, -0.2) is 13.0 Å². The molecule has 1 fully saturated rings. The lowest BCUT2D eigenvalue weighted by molar-refractivity contribution is -0.130. The molecule has 0 aliphatic carbocycles. The Morgan fingerprint density at radius 3 is 2.44 bits per heavy atom. The Kier molecular flexibility index (Phi) is 4.46. The third kappa shape index (κ3) is 2.76. The van der Waals surface area contributed by atoms with Crippen molar-refractivity contribution < 1.29 is 9.53 Å². The van der Waals surface area contributed by atoms with Crippen LogP contribution in [0.15, 0.2) is 30.3 Å². The molecule has 2 N–H and O–H groups in total. The van der Waals surface area contributed by atoms with Crippen molar-refractivity contribution in [1.29, 1.82) is 0 Å². The van der Waals surface area contributed by atoms with Crippen LogP contribution in [0, 0.1) is 26.7 Å². The van der Waals surface area contributed by atoms with E-state index in [1.54, 1.807) is 7.11 Å². The average Bonchev–Trinajstić information content (AvgIpc) is 2.58. The standard InChI is InChI=1S/C21H26N2O2/c1-6-17-20(15-8-7-12(2)18(22)10-15)23(21(17)24)16-9-13(3)14(4)19(11-16)25-5/h7-11,17,20H,6,22H2,1-5H3/t17-,20+/m1/s1. The molecule has 4 nitrogen and oxygen atoms in total. The molecule has 1 heterocycles. The molecule has 25 heavy (non-hydrogen) atoms. The van der Waals surface area contributed by atoms with Gasteiger partial charge in [0.1, 0.15) is 5.75 Å². The van der Waals surface area contributed by atoms with Gasteiger partial charge in [0.25, 0.3) is 0 Å². The zero-order valence-corrected chi connectivity index (χ0v) is 15.6. The number of benzene rings is 2. The summed E-state index contributed by atoms with van der Waals surface area (Å²) in [5.41, 5.74) is 12.1. The molecule has 0 bridgehead atoms. The van der Waals surface area contributed by atoms with Gasteiger partial charge in [0.05, 0.1) is 19.1 Å². The van der Waals surface area contributed by atoms with Crippen molar-refractivity contribution >= 4 is 17.3 Å². The molecule has 132 valence electrons. The lowest BCUT2D eigenvalue weighted by Crippen LogP contribution is -2.55. The van der Waals surface area contributed by atoms with Crippen LogP contribution < -0.4 is 15.4 Å². The molecule has 0 spiro atoms. The van der Waals surface area contributed by atoms with E-state index in [9.17, 15) is 4.79 Å². The summed E-state index contributed by atoms with van der Waals surface area (Å²) in [4.78, 5) is 14.7. The van der Waals surface area contributed by atoms with E-state index in [-0.39, 0.29) is 17.9 Å². The number of methoxy groups -OCH3 is 1. The van der Waals surface area contributed by atoms with Gasteiger partial charge in [-0.1, -0.05) is 19.1 Å². The highest BCUT2D eigenvalue weighted by atomic mass is 16.5. The van der Waals surface area contributed by atoms with E-state index in [1.807, 2.05) is 43.9 Å². The molecule has 4 heteroatoms. The first-order valence-electron chi connectivity index (χ1n) is 8.73. The second kappa shape index (κ2) is 6.43. The van der Waals surface area contributed by atoms with E-state index in [0.717, 1.165) is 45.8 Å². The van der Waals surface area contributed by atoms with Crippen LogP contribution in [0.2, 0.25) is 0 Å². The number of anilines is 2. The zero-order valence-electron chi connectivity index (χ0n) is 15.6. The predicted octanol–water partition coefficient (Wildman–Crippen LogP) is 4.32. The molecule has 3 rings (SSSR count). The number of nitrogens with zero attached hydrogens (tertiary/aromatic N) is 1. The number of hydrogen-bond donors (Lipinski definition) is 1. The maximum absolute atomic E-state index is 12.8. The summed E-state index contributed by atoms with van der Waals surface area (Å²) in [6, 6.07) is 10.1. The SMILES string of the molecule is CC[C@H]1C(=O)N(c2cc(C)c(C)c(OC)c2)[C@H]1c1ccc(C)c(N)c1. The number of carbonyl (C=O) groups is 1. The fraction of sp³-hybridized carbons (Fsp3) is 0.381. The number of aryl methyl sites for hydroxylation is 2. The summed E-state index contributed by atoms with van der Waals surface area (Å²) in [5.74, 6) is 0.969. The Morgan fingerprint density at radius 2 is 1.84 bits per heavy atom. The van der Waals surface area contributed by atoms with Crippen molar-refractivity contribution in [3.8, 4) is 5.75 Å². The molecule has 0 aromatic heterocycles. The maximum atomic E-state index is 12.8. The van der Waals surface area contributed by atoms with E-state index in [2.05, 4.69) is 19.1 Å². The van der Waals surface area contributed by atoms with Crippen LogP contribution in [0.3, 0.4) is 0 Å². The third-order valence-electron chi connectivity index (χ3n) is 5.40. The molecule has 2 atom stereocenters. The molecule has 1 aliphatic heterocycles. The van der Waals surface area contributed by atoms with Crippen LogP contribution in [0.4, 0.5) is 11.4 Å². The fourth-order valence-electron chi connectivity index (χ4n) is 3.62. The molecule has 2 aromatic rings. The molecule has 2 aromatic carbocycles. The predicted molar refractivity (Wildman–Crippen MR) is 102 cm³/mol. The van der Waals surface area contributed by atoms with E-state index < -0.39 is 0 Å². The van der Waals surface area contributed by atoms with Gasteiger partial charge < -0.3 is 15.4 Å². The first-order valence-corrected chi connectivity index (χ1v) is 8.73. The van der Waals surface area contributed by atoms with E-state index in [1.165, 1.54) is 0 Å². The monoisotopic (exact) mass is 338 g/mol. The Balaban J connectivity index is 2.06. The fourth-order valence-corrected chi connectivity index (χ4v) is 3.62. The Bertz CT molecular complexity index is 829. The van der Waals surface area contributed by atoms with Crippen molar-refractivity contribution in [3.63, 3.8) is 0 Å². The summed E-state index contributed by atoms with van der Waals surface area (Å²) >= 11 is 0. The van der Waals surface area contributed by atoms with Gasteiger partial charge in [0.2, 0.25) is 5.91 Å². The van der Waals surface area contributed by atoms with Gasteiger partial charge in [-0.15, -0.1) is 0 Å². The smallest absolute Gasteiger partial charge is 0.233 e. The highest BCUT2D eigenvalue weighted by Gasteiger charge is 2.47. The van der Waals surface area contributed by atoms with Gasteiger partial charge in [-0.05, 0) is 61.6 Å². The molecule has 1 aliphatic rings. The largest absolute Gasteiger partial charge is 0.496 e. The Labute approximate surface area is 149 Å². The van der Waals surface area contributed by atoms with Gasteiger partial charge in [-0.25, -0.2) is 0 Å². The van der Waals surface area contributed by atoms with Gasteiger partial charge in [-0.3, -0.25) is 4.79 Å². The van der Waals surface area contributed by atoms with Crippen molar-refractivity contribution in [2.24, 2.45) is 5.92 Å². The minimum Gasteiger partial charge on any atom is -0.496 e. The highest BCUT2D eigenvalue weighted by molar-refractivity contribution is 6.03. The lowest BCUT2D eigenvalue weighted by Gasteiger charge is -2.47. The molecule has 0 saturated carbocycles. The van der Waals surface area contributed by atoms with Gasteiger partial charge >= 0.3 is 0 Å². The van der Waals surface area contributed by atoms with Crippen LogP contribution in [0.25, 0.3) is 0 Å². The van der Waals surface area contributed by atoms with Gasteiger partial charge in [0.15, 0.2) is 0 Å². The van der Waals surface area contributed by atoms with E-state index >= 15 is 0 Å². The molecule has 0 radical (unpaired) electrons. The minimum atomic E-state index is -0.00490. The number of nitrogens with two attached hydrogens (primary N) is 1. The second-order valence-corrected chi connectivity index (χ2v) is 6.87. The maximum Gasteiger partial charge on any atom is 0.233 e. The molecule has 0 unspecified atom stereocenters. The summed E-state index contributed by atoms with van der Waals surface area (Å²) < 4.78 is 5.49. The summed E-state index contributed by atoms with van der Waals surface area (Å²) in [5, 5.41) is 0. The average molecular weight is 338 g/mol. The molecule has 1 amide bonds. The van der Waals surface area contributed by atoms with E-state index in [4.69, 9.17) is 10.5 Å². The number of hydrogen-bond acceptors (Lipinski definition) is 3. The summed E-state index contributed by atoms with van der Waals surface area (Å²) in [7, 11) is 1.66. The molecular formula is C21H26N2O2. The van der Waals surface area contributed by atoms with E-state index in [0.29, 0.717) is 0 Å². The van der Waals surface area contributed by atoms with Crippen molar-refractivity contribution in [1.82, 2.24) is 0 Å². The quantitative estimate of drug-likeness (QED) is 0.667. The Hall–Kier alpha value is -2.49. The minimum absolute atomic E-state index is 0.00490. The number of nitrogen functional groups attached to an aromatic ring is 1. The first-order chi connectivity index (χ1) is 11.9. The number of ether oxygens (including phenoxy) is 1. The number of amides is 1. The highest BCUT2D eigenvalue weighted by Crippen LogP contribution is 2.46. The second-order valence-electron chi connectivity index (χ2n) is 6.87. The molecular weight excluding hydrogens is 312 g/mol. The summed E-state index contributed by atoms with van der Waals surface area (Å²) in [6.07, 6.45) is 0.815. The van der Waals surface area contributed by atoms with Gasteiger partial charge in [0, 0.05) is 17.4 Å². The normalized spacial score (nSPS) is 19.7. The van der Waals surface area contributed by atoms with Crippen LogP contribution in [0.1, 0.15) is 41.6 Å². The van der Waals surface area contributed by atoms with Crippen LogP contribution in [-0.2, 0) is 4.79 Å². The van der Waals surface area contributed by atoms with Crippen LogP contribution >= 0.6 is 0 Å². The number of carbonyl (C=O) groups excluding carboxylic acids is 1. The molecule has 1 saturated heterocycles. The lowest BCUT2D eigenvalue weighted by atomic mass is 9.79.